The molecule has 2 aromatic rings. The van der Waals surface area contributed by atoms with Gasteiger partial charge in [-0.05, 0) is 31.0 Å². The maximum absolute atomic E-state index is 11.0. The number of hydrogen-bond acceptors (Lipinski definition) is 4. The lowest BCUT2D eigenvalue weighted by Gasteiger charge is -2.11. The molecule has 0 aliphatic carbocycles. The Bertz CT molecular complexity index is 597. The summed E-state index contributed by atoms with van der Waals surface area (Å²) in [4.78, 5) is 18.7. The van der Waals surface area contributed by atoms with Crippen LogP contribution in [0.15, 0.2) is 30.7 Å². The highest BCUT2D eigenvalue weighted by Gasteiger charge is 2.12. The maximum atomic E-state index is 11.0. The minimum atomic E-state index is -1.05. The van der Waals surface area contributed by atoms with Crippen LogP contribution in [0.2, 0.25) is 0 Å². The molecule has 0 saturated carbocycles. The van der Waals surface area contributed by atoms with Crippen molar-refractivity contribution in [2.75, 3.05) is 5.32 Å². The molecule has 0 atom stereocenters. The van der Waals surface area contributed by atoms with Crippen molar-refractivity contribution in [3.63, 3.8) is 0 Å². The van der Waals surface area contributed by atoms with Crippen LogP contribution < -0.4 is 5.32 Å². The topological polar surface area (TPSA) is 75.1 Å². The van der Waals surface area contributed by atoms with Crippen LogP contribution in [0.3, 0.4) is 0 Å². The number of carboxylic acids is 1. The van der Waals surface area contributed by atoms with Crippen molar-refractivity contribution in [2.24, 2.45) is 0 Å². The Labute approximate surface area is 105 Å². The standard InChI is InChI=1S/C13H13N3O2/c1-8-3-4-9(2)11(5-8)16-12-10(13(17)18)6-14-7-15-12/h3-7H,1-2H3,(H,17,18)(H,14,15,16). The third kappa shape index (κ3) is 2.45. The molecular weight excluding hydrogens is 230 g/mol. The second-order valence-electron chi connectivity index (χ2n) is 4.03. The number of aromatic nitrogens is 2. The number of anilines is 2. The Morgan fingerprint density at radius 1 is 1.33 bits per heavy atom. The monoisotopic (exact) mass is 243 g/mol. The first-order chi connectivity index (χ1) is 8.58. The second-order valence-corrected chi connectivity index (χ2v) is 4.03. The molecule has 0 amide bonds. The van der Waals surface area contributed by atoms with Crippen molar-refractivity contribution in [1.29, 1.82) is 0 Å². The van der Waals surface area contributed by atoms with Crippen LogP contribution >= 0.6 is 0 Å². The molecule has 0 fully saturated rings. The van der Waals surface area contributed by atoms with Crippen LogP contribution in [-0.2, 0) is 0 Å². The smallest absolute Gasteiger partial charge is 0.341 e. The molecule has 2 rings (SSSR count). The Balaban J connectivity index is 2.40. The van der Waals surface area contributed by atoms with E-state index in [1.807, 2.05) is 32.0 Å². The Hall–Kier alpha value is -2.43. The van der Waals surface area contributed by atoms with Crippen LogP contribution in [0.5, 0.6) is 0 Å². The molecular formula is C13H13N3O2. The summed E-state index contributed by atoms with van der Waals surface area (Å²) in [6, 6.07) is 5.92. The maximum Gasteiger partial charge on any atom is 0.341 e. The van der Waals surface area contributed by atoms with E-state index in [0.717, 1.165) is 16.8 Å². The molecule has 92 valence electrons. The quantitative estimate of drug-likeness (QED) is 0.866. The molecule has 18 heavy (non-hydrogen) atoms. The molecule has 5 nitrogen and oxygen atoms in total. The van der Waals surface area contributed by atoms with Crippen molar-refractivity contribution in [3.8, 4) is 0 Å². The zero-order valence-corrected chi connectivity index (χ0v) is 10.1. The first-order valence-corrected chi connectivity index (χ1v) is 5.45. The molecule has 2 N–H and O–H groups in total. The van der Waals surface area contributed by atoms with Gasteiger partial charge in [-0.3, -0.25) is 0 Å². The van der Waals surface area contributed by atoms with Gasteiger partial charge < -0.3 is 10.4 Å². The SMILES string of the molecule is Cc1ccc(C)c(Nc2ncncc2C(=O)O)c1. The van der Waals surface area contributed by atoms with E-state index >= 15 is 0 Å². The fraction of sp³-hybridized carbons (Fsp3) is 0.154. The van der Waals surface area contributed by atoms with Gasteiger partial charge in [-0.25, -0.2) is 14.8 Å². The fourth-order valence-corrected chi connectivity index (χ4v) is 1.58. The number of hydrogen-bond donors (Lipinski definition) is 2. The number of aryl methyl sites for hydroxylation is 2. The van der Waals surface area contributed by atoms with Crippen molar-refractivity contribution < 1.29 is 9.90 Å². The molecule has 1 heterocycles. The summed E-state index contributed by atoms with van der Waals surface area (Å²) in [7, 11) is 0. The molecule has 1 aromatic carbocycles. The summed E-state index contributed by atoms with van der Waals surface area (Å²) >= 11 is 0. The summed E-state index contributed by atoms with van der Waals surface area (Å²) in [6.07, 6.45) is 2.60. The average molecular weight is 243 g/mol. The number of carbonyl (C=O) groups is 1. The summed E-state index contributed by atoms with van der Waals surface area (Å²) in [5, 5.41) is 12.1. The molecule has 0 aliphatic heterocycles. The average Bonchev–Trinajstić information content (AvgIpc) is 2.34. The normalized spacial score (nSPS) is 10.1. The predicted octanol–water partition coefficient (Wildman–Crippen LogP) is 2.54. The van der Waals surface area contributed by atoms with E-state index < -0.39 is 5.97 Å². The van der Waals surface area contributed by atoms with Gasteiger partial charge in [0, 0.05) is 11.9 Å². The molecule has 0 spiro atoms. The van der Waals surface area contributed by atoms with Gasteiger partial charge in [0.25, 0.3) is 0 Å². The first kappa shape index (κ1) is 12.0. The molecule has 0 bridgehead atoms. The second kappa shape index (κ2) is 4.83. The van der Waals surface area contributed by atoms with Gasteiger partial charge in [-0.2, -0.15) is 0 Å². The van der Waals surface area contributed by atoms with E-state index in [-0.39, 0.29) is 5.56 Å². The summed E-state index contributed by atoms with van der Waals surface area (Å²) in [6.45, 7) is 3.92. The van der Waals surface area contributed by atoms with E-state index in [9.17, 15) is 4.79 Å². The van der Waals surface area contributed by atoms with Gasteiger partial charge in [-0.15, -0.1) is 0 Å². The van der Waals surface area contributed by atoms with Crippen molar-refractivity contribution in [1.82, 2.24) is 9.97 Å². The molecule has 0 unspecified atom stereocenters. The molecule has 5 heteroatoms. The van der Waals surface area contributed by atoms with Gasteiger partial charge in [0.05, 0.1) is 0 Å². The van der Waals surface area contributed by atoms with Crippen LogP contribution in [-0.4, -0.2) is 21.0 Å². The van der Waals surface area contributed by atoms with E-state index in [1.54, 1.807) is 0 Å². The number of benzene rings is 1. The van der Waals surface area contributed by atoms with Gasteiger partial charge in [0.2, 0.25) is 0 Å². The minimum absolute atomic E-state index is 0.0541. The van der Waals surface area contributed by atoms with E-state index in [2.05, 4.69) is 15.3 Å². The lowest BCUT2D eigenvalue weighted by atomic mass is 10.1. The molecule has 0 saturated heterocycles. The predicted molar refractivity (Wildman–Crippen MR) is 68.2 cm³/mol. The Kier molecular flexibility index (Phi) is 3.23. The molecule has 1 aromatic heterocycles. The van der Waals surface area contributed by atoms with E-state index in [1.165, 1.54) is 12.5 Å². The Morgan fingerprint density at radius 3 is 2.83 bits per heavy atom. The van der Waals surface area contributed by atoms with Crippen LogP contribution in [0.1, 0.15) is 21.5 Å². The number of aromatic carboxylic acids is 1. The summed E-state index contributed by atoms with van der Waals surface area (Å²) < 4.78 is 0. The fourth-order valence-electron chi connectivity index (χ4n) is 1.58. The number of carboxylic acid groups (broad SMARTS) is 1. The number of nitrogens with zero attached hydrogens (tertiary/aromatic N) is 2. The van der Waals surface area contributed by atoms with Gasteiger partial charge in [0.15, 0.2) is 0 Å². The highest BCUT2D eigenvalue weighted by Crippen LogP contribution is 2.22. The van der Waals surface area contributed by atoms with Gasteiger partial charge in [-0.1, -0.05) is 12.1 Å². The third-order valence-corrected chi connectivity index (χ3v) is 2.59. The van der Waals surface area contributed by atoms with Crippen molar-refractivity contribution in [2.45, 2.75) is 13.8 Å². The highest BCUT2D eigenvalue weighted by atomic mass is 16.4. The minimum Gasteiger partial charge on any atom is -0.477 e. The van der Waals surface area contributed by atoms with Gasteiger partial charge >= 0.3 is 5.97 Å². The third-order valence-electron chi connectivity index (χ3n) is 2.59. The van der Waals surface area contributed by atoms with E-state index in [4.69, 9.17) is 5.11 Å². The zero-order valence-electron chi connectivity index (χ0n) is 10.1. The Morgan fingerprint density at radius 2 is 2.11 bits per heavy atom. The van der Waals surface area contributed by atoms with Crippen molar-refractivity contribution >= 4 is 17.5 Å². The molecule has 0 aliphatic rings. The van der Waals surface area contributed by atoms with Crippen LogP contribution in [0.25, 0.3) is 0 Å². The van der Waals surface area contributed by atoms with Crippen molar-refractivity contribution in [3.05, 3.63) is 47.4 Å². The van der Waals surface area contributed by atoms with Crippen LogP contribution in [0.4, 0.5) is 11.5 Å². The summed E-state index contributed by atoms with van der Waals surface area (Å²) in [5.74, 6) is -0.755. The molecule has 0 radical (unpaired) electrons. The summed E-state index contributed by atoms with van der Waals surface area (Å²) in [5.41, 5.74) is 3.01. The lowest BCUT2D eigenvalue weighted by Crippen LogP contribution is -2.06. The van der Waals surface area contributed by atoms with E-state index in [0.29, 0.717) is 5.82 Å². The number of rotatable bonds is 3. The zero-order chi connectivity index (χ0) is 13.1. The number of nitrogens with one attached hydrogen (secondary N) is 1. The lowest BCUT2D eigenvalue weighted by molar-refractivity contribution is 0.0697. The highest BCUT2D eigenvalue weighted by molar-refractivity contribution is 5.93. The largest absolute Gasteiger partial charge is 0.477 e. The van der Waals surface area contributed by atoms with Gasteiger partial charge in [0.1, 0.15) is 17.7 Å². The van der Waals surface area contributed by atoms with Crippen LogP contribution in [0, 0.1) is 13.8 Å². The first-order valence-electron chi connectivity index (χ1n) is 5.45.